The summed E-state index contributed by atoms with van der Waals surface area (Å²) >= 11 is 0. The fourth-order valence-corrected chi connectivity index (χ4v) is 3.43. The van der Waals surface area contributed by atoms with E-state index in [1.54, 1.807) is 24.3 Å². The third kappa shape index (κ3) is 6.31. The van der Waals surface area contributed by atoms with Gasteiger partial charge in [0.2, 0.25) is 0 Å². The van der Waals surface area contributed by atoms with Crippen LogP contribution in [0.3, 0.4) is 0 Å². The number of hydrogen-bond acceptors (Lipinski definition) is 5. The van der Waals surface area contributed by atoms with E-state index in [2.05, 4.69) is 0 Å². The molecular weight excluding hydrogens is 351 g/mol. The smallest absolute Gasteiger partial charge is 0.748 e. The Hall–Kier alpha value is -1.05. The third-order valence-electron chi connectivity index (χ3n) is 4.33. The second-order valence-corrected chi connectivity index (χ2v) is 7.67. The number of phenols is 2. The van der Waals surface area contributed by atoms with Crippen molar-refractivity contribution in [1.29, 1.82) is 0 Å². The van der Waals surface area contributed by atoms with Gasteiger partial charge in [0.05, 0.1) is 10.1 Å². The number of benzene rings is 2. The Balaban J connectivity index is 0.00000312. The van der Waals surface area contributed by atoms with E-state index in [0.29, 0.717) is 19.3 Å². The molecule has 0 aliphatic heterocycles. The summed E-state index contributed by atoms with van der Waals surface area (Å²) in [5.74, 6) is -0.0256. The van der Waals surface area contributed by atoms with Crippen molar-refractivity contribution in [2.45, 2.75) is 31.6 Å². The molecule has 0 saturated heterocycles. The maximum absolute atomic E-state index is 10.8. The molecule has 0 bridgehead atoms. The first-order valence-electron chi connectivity index (χ1n) is 7.73. The molecule has 0 aliphatic rings. The van der Waals surface area contributed by atoms with Crippen LogP contribution in [-0.2, 0) is 15.5 Å². The van der Waals surface area contributed by atoms with Crippen LogP contribution in [0.1, 0.15) is 37.3 Å². The van der Waals surface area contributed by atoms with Gasteiger partial charge in [-0.15, -0.1) is 0 Å². The summed E-state index contributed by atoms with van der Waals surface area (Å²) in [6.45, 7) is 2.03. The van der Waals surface area contributed by atoms with E-state index in [1.165, 1.54) is 0 Å². The third-order valence-corrected chi connectivity index (χ3v) is 5.12. The summed E-state index contributed by atoms with van der Waals surface area (Å²) in [5.41, 5.74) is 1.51. The van der Waals surface area contributed by atoms with Crippen LogP contribution < -0.4 is 29.6 Å². The van der Waals surface area contributed by atoms with E-state index in [9.17, 15) is 23.2 Å². The quantitative estimate of drug-likeness (QED) is 0.409. The molecule has 0 saturated carbocycles. The van der Waals surface area contributed by atoms with Gasteiger partial charge >= 0.3 is 29.6 Å². The molecule has 0 fully saturated rings. The van der Waals surface area contributed by atoms with Crippen molar-refractivity contribution < 1.29 is 52.7 Å². The zero-order chi connectivity index (χ0) is 17.8. The van der Waals surface area contributed by atoms with Crippen molar-refractivity contribution >= 4 is 10.1 Å². The van der Waals surface area contributed by atoms with Gasteiger partial charge in [-0.2, -0.15) is 0 Å². The van der Waals surface area contributed by atoms with Crippen LogP contribution in [0.5, 0.6) is 11.5 Å². The van der Waals surface area contributed by atoms with Gasteiger partial charge in [-0.1, -0.05) is 37.6 Å². The molecule has 25 heavy (non-hydrogen) atoms. The number of rotatable bonds is 7. The van der Waals surface area contributed by atoms with Crippen molar-refractivity contribution in [2.75, 3.05) is 5.75 Å². The second kappa shape index (κ2) is 9.05. The first kappa shape index (κ1) is 22.0. The van der Waals surface area contributed by atoms with Crippen LogP contribution in [-0.4, -0.2) is 28.9 Å². The van der Waals surface area contributed by atoms with Crippen LogP contribution in [0, 0.1) is 0 Å². The van der Waals surface area contributed by atoms with Crippen LogP contribution in [0.15, 0.2) is 48.5 Å². The minimum Gasteiger partial charge on any atom is -0.748 e. The van der Waals surface area contributed by atoms with Crippen LogP contribution in [0.4, 0.5) is 0 Å². The summed E-state index contributed by atoms with van der Waals surface area (Å²) in [4.78, 5) is 0. The van der Waals surface area contributed by atoms with Gasteiger partial charge < -0.3 is 14.8 Å². The molecular formula is C18H21NaO5S. The number of unbranched alkanes of at least 4 members (excludes halogenated alkanes) is 1. The zero-order valence-corrected chi connectivity index (χ0v) is 17.3. The van der Waals surface area contributed by atoms with Crippen molar-refractivity contribution in [3.63, 3.8) is 0 Å². The molecule has 130 valence electrons. The summed E-state index contributed by atoms with van der Waals surface area (Å²) in [6, 6.07) is 13.7. The summed E-state index contributed by atoms with van der Waals surface area (Å²) in [5, 5.41) is 19.0. The van der Waals surface area contributed by atoms with Crippen molar-refractivity contribution in [1.82, 2.24) is 0 Å². The van der Waals surface area contributed by atoms with E-state index in [4.69, 9.17) is 0 Å². The molecule has 0 aromatic heterocycles. The minimum absolute atomic E-state index is 0. The summed E-state index contributed by atoms with van der Waals surface area (Å²) in [6.07, 6.45) is 1.51. The molecule has 0 amide bonds. The minimum atomic E-state index is -4.20. The van der Waals surface area contributed by atoms with Crippen molar-refractivity contribution in [2.24, 2.45) is 0 Å². The molecule has 0 radical (unpaired) electrons. The maximum atomic E-state index is 10.8. The molecule has 2 N–H and O–H groups in total. The molecule has 2 aromatic carbocycles. The summed E-state index contributed by atoms with van der Waals surface area (Å²) < 4.78 is 32.3. The van der Waals surface area contributed by atoms with E-state index in [1.807, 2.05) is 31.2 Å². The number of aromatic hydroxyl groups is 2. The van der Waals surface area contributed by atoms with E-state index >= 15 is 0 Å². The van der Waals surface area contributed by atoms with E-state index < -0.39 is 15.5 Å². The van der Waals surface area contributed by atoms with Gasteiger partial charge in [-0.3, -0.25) is 0 Å². The fourth-order valence-electron chi connectivity index (χ4n) is 2.87. The largest absolute Gasteiger partial charge is 1.00 e. The predicted molar refractivity (Wildman–Crippen MR) is 91.1 cm³/mol. The molecule has 0 atom stereocenters. The first-order valence-corrected chi connectivity index (χ1v) is 9.31. The van der Waals surface area contributed by atoms with Crippen LogP contribution in [0.2, 0.25) is 0 Å². The maximum Gasteiger partial charge on any atom is 1.00 e. The van der Waals surface area contributed by atoms with Gasteiger partial charge in [0.15, 0.2) is 0 Å². The van der Waals surface area contributed by atoms with Gasteiger partial charge in [-0.05, 0) is 48.2 Å². The van der Waals surface area contributed by atoms with Crippen molar-refractivity contribution in [3.8, 4) is 11.5 Å². The zero-order valence-electron chi connectivity index (χ0n) is 14.5. The molecule has 5 nitrogen and oxygen atoms in total. The molecule has 2 aromatic rings. The van der Waals surface area contributed by atoms with Gasteiger partial charge in [-0.25, -0.2) is 8.42 Å². The number of hydrogen-bond donors (Lipinski definition) is 2. The Kier molecular flexibility index (Phi) is 7.96. The predicted octanol–water partition coefficient (Wildman–Crippen LogP) is 0.123. The van der Waals surface area contributed by atoms with E-state index in [-0.39, 0.29) is 46.8 Å². The Labute approximate surface area is 170 Å². The molecule has 0 spiro atoms. The monoisotopic (exact) mass is 372 g/mol. The summed E-state index contributed by atoms with van der Waals surface area (Å²) in [7, 11) is -4.20. The van der Waals surface area contributed by atoms with Gasteiger partial charge in [0.25, 0.3) is 0 Å². The second-order valence-electron chi connectivity index (χ2n) is 6.14. The molecule has 7 heteroatoms. The Bertz CT molecular complexity index is 725. The number of phenolic OH excluding ortho intramolecular Hbond substituents is 2. The Morgan fingerprint density at radius 1 is 0.880 bits per heavy atom. The normalized spacial score (nSPS) is 11.8. The Morgan fingerprint density at radius 3 is 1.64 bits per heavy atom. The van der Waals surface area contributed by atoms with Gasteiger partial charge in [0.1, 0.15) is 11.5 Å². The molecule has 2 rings (SSSR count). The average Bonchev–Trinajstić information content (AvgIpc) is 2.52. The average molecular weight is 372 g/mol. The van der Waals surface area contributed by atoms with Crippen molar-refractivity contribution in [3.05, 3.63) is 59.7 Å². The fraction of sp³-hybridized carbons (Fsp3) is 0.333. The van der Waals surface area contributed by atoms with Crippen LogP contribution >= 0.6 is 0 Å². The topological polar surface area (TPSA) is 97.7 Å². The molecule has 0 unspecified atom stereocenters. The first-order chi connectivity index (χ1) is 11.2. The van der Waals surface area contributed by atoms with E-state index in [0.717, 1.165) is 11.1 Å². The Morgan fingerprint density at radius 2 is 1.28 bits per heavy atom. The molecule has 0 heterocycles. The standard InChI is InChI=1S/C18H22O5S.Na/c1-18(12-2-3-13-24(21,22)23,14-4-8-16(19)9-5-14)15-6-10-17(20)11-7-15;/h4-11,19-20H,2-3,12-13H2,1H3,(H,21,22,23);/q;+1/p-1. The van der Waals surface area contributed by atoms with Gasteiger partial charge in [0, 0.05) is 11.2 Å². The SMILES string of the molecule is CC(CCCCS(=O)(=O)[O-])(c1ccc(O)cc1)c1ccc(O)cc1.[Na+]. The molecule has 0 aliphatic carbocycles. The van der Waals surface area contributed by atoms with Crippen LogP contribution in [0.25, 0.3) is 0 Å².